The van der Waals surface area contributed by atoms with Crippen LogP contribution in [0.3, 0.4) is 0 Å². The van der Waals surface area contributed by atoms with Crippen LogP contribution in [0.15, 0.2) is 0 Å². The van der Waals surface area contributed by atoms with E-state index >= 15 is 0 Å². The van der Waals surface area contributed by atoms with Crippen molar-refractivity contribution in [2.75, 3.05) is 26.4 Å². The lowest BCUT2D eigenvalue weighted by Gasteiger charge is -1.89. The topological polar surface area (TPSA) is 18.5 Å². The van der Waals surface area contributed by atoms with Crippen LogP contribution in [0.4, 0.5) is 0 Å². The van der Waals surface area contributed by atoms with E-state index in [2.05, 4.69) is 6.92 Å². The minimum atomic E-state index is 0.824. The second kappa shape index (κ2) is 16.4. The van der Waals surface area contributed by atoms with Crippen LogP contribution in [0, 0.1) is 5.92 Å². The Kier molecular flexibility index (Phi) is 18.9. The molecule has 2 aliphatic rings. The highest BCUT2D eigenvalue weighted by Crippen LogP contribution is 2.09. The molecular formula is C13H30O2. The summed E-state index contributed by atoms with van der Waals surface area (Å²) in [5, 5.41) is 0. The second-order valence-corrected chi connectivity index (χ2v) is 3.29. The van der Waals surface area contributed by atoms with Gasteiger partial charge in [-0.2, -0.15) is 0 Å². The largest absolute Gasteiger partial charge is 0.381 e. The van der Waals surface area contributed by atoms with E-state index in [1.54, 1.807) is 0 Å². The van der Waals surface area contributed by atoms with Gasteiger partial charge in [-0.1, -0.05) is 34.6 Å². The van der Waals surface area contributed by atoms with Crippen LogP contribution < -0.4 is 0 Å². The van der Waals surface area contributed by atoms with Crippen molar-refractivity contribution in [3.8, 4) is 0 Å². The Labute approximate surface area is 96.4 Å². The maximum absolute atomic E-state index is 5.06. The van der Waals surface area contributed by atoms with Gasteiger partial charge in [0.2, 0.25) is 0 Å². The molecule has 0 saturated carbocycles. The lowest BCUT2D eigenvalue weighted by atomic mass is 10.2. The van der Waals surface area contributed by atoms with Crippen molar-refractivity contribution in [3.05, 3.63) is 0 Å². The smallest absolute Gasteiger partial charge is 0.0492 e. The van der Waals surface area contributed by atoms with Crippen LogP contribution in [0.25, 0.3) is 0 Å². The first kappa shape index (κ1) is 17.3. The van der Waals surface area contributed by atoms with Gasteiger partial charge in [0.25, 0.3) is 0 Å². The molecule has 0 spiro atoms. The molecule has 0 aromatic heterocycles. The van der Waals surface area contributed by atoms with Crippen LogP contribution >= 0.6 is 0 Å². The second-order valence-electron chi connectivity index (χ2n) is 3.29. The Hall–Kier alpha value is -0.0800. The van der Waals surface area contributed by atoms with Crippen LogP contribution in [-0.2, 0) is 9.47 Å². The van der Waals surface area contributed by atoms with Crippen molar-refractivity contribution < 1.29 is 9.47 Å². The third-order valence-corrected chi connectivity index (χ3v) is 1.98. The predicted molar refractivity (Wildman–Crippen MR) is 67.3 cm³/mol. The van der Waals surface area contributed by atoms with Crippen molar-refractivity contribution >= 4 is 0 Å². The molecule has 0 amide bonds. The van der Waals surface area contributed by atoms with E-state index in [1.165, 1.54) is 19.3 Å². The van der Waals surface area contributed by atoms with E-state index in [4.69, 9.17) is 9.47 Å². The summed E-state index contributed by atoms with van der Waals surface area (Å²) in [6.45, 7) is 14.2. The van der Waals surface area contributed by atoms with Crippen molar-refractivity contribution in [2.45, 2.75) is 53.9 Å². The van der Waals surface area contributed by atoms with Gasteiger partial charge in [0.1, 0.15) is 0 Å². The fourth-order valence-electron chi connectivity index (χ4n) is 1.16. The predicted octanol–water partition coefficient (Wildman–Crippen LogP) is 3.89. The molecule has 0 bridgehead atoms. The normalized spacial score (nSPS) is 22.6. The molecule has 2 nitrogen and oxygen atoms in total. The zero-order valence-electron chi connectivity index (χ0n) is 11.3. The first-order chi connectivity index (χ1) is 7.39. The van der Waals surface area contributed by atoms with Crippen LogP contribution in [0.1, 0.15) is 53.9 Å². The molecule has 94 valence electrons. The SMILES string of the molecule is C1CCOC1.CC.CC.CC1CCOC1. The van der Waals surface area contributed by atoms with Crippen molar-refractivity contribution in [1.82, 2.24) is 0 Å². The molecule has 2 saturated heterocycles. The fourth-order valence-corrected chi connectivity index (χ4v) is 1.16. The molecule has 1 atom stereocenters. The average Bonchev–Trinajstić information content (AvgIpc) is 2.98. The zero-order chi connectivity index (χ0) is 11.9. The van der Waals surface area contributed by atoms with Gasteiger partial charge in [0, 0.05) is 26.4 Å². The van der Waals surface area contributed by atoms with Gasteiger partial charge >= 0.3 is 0 Å². The maximum Gasteiger partial charge on any atom is 0.0492 e. The van der Waals surface area contributed by atoms with E-state index in [9.17, 15) is 0 Å². The minimum Gasteiger partial charge on any atom is -0.381 e. The first-order valence-corrected chi connectivity index (χ1v) is 6.55. The van der Waals surface area contributed by atoms with Crippen LogP contribution in [0.5, 0.6) is 0 Å². The summed E-state index contributed by atoms with van der Waals surface area (Å²) in [5.74, 6) is 0.824. The van der Waals surface area contributed by atoms with Crippen molar-refractivity contribution in [2.24, 2.45) is 5.92 Å². The van der Waals surface area contributed by atoms with Gasteiger partial charge in [-0.05, 0) is 25.2 Å². The lowest BCUT2D eigenvalue weighted by Crippen LogP contribution is -1.88. The zero-order valence-corrected chi connectivity index (χ0v) is 11.3. The number of hydrogen-bond donors (Lipinski definition) is 0. The summed E-state index contributed by atoms with van der Waals surface area (Å²) in [6, 6.07) is 0. The Balaban J connectivity index is 0. The lowest BCUT2D eigenvalue weighted by molar-refractivity contribution is 0.188. The monoisotopic (exact) mass is 218 g/mol. The number of ether oxygens (including phenoxy) is 2. The fraction of sp³-hybridized carbons (Fsp3) is 1.00. The molecule has 2 rings (SSSR count). The Morgan fingerprint density at radius 3 is 1.47 bits per heavy atom. The van der Waals surface area contributed by atoms with Crippen LogP contribution in [0.2, 0.25) is 0 Å². The van der Waals surface area contributed by atoms with Gasteiger partial charge in [0.05, 0.1) is 0 Å². The average molecular weight is 218 g/mol. The molecule has 2 heterocycles. The number of hydrogen-bond acceptors (Lipinski definition) is 2. The maximum atomic E-state index is 5.06. The molecule has 2 aliphatic heterocycles. The van der Waals surface area contributed by atoms with E-state index in [0.717, 1.165) is 32.3 Å². The summed E-state index contributed by atoms with van der Waals surface area (Å²) in [5.41, 5.74) is 0. The summed E-state index contributed by atoms with van der Waals surface area (Å²) < 4.78 is 10.0. The number of rotatable bonds is 0. The van der Waals surface area contributed by atoms with Crippen molar-refractivity contribution in [3.63, 3.8) is 0 Å². The Morgan fingerprint density at radius 1 is 0.800 bits per heavy atom. The molecule has 1 unspecified atom stereocenters. The van der Waals surface area contributed by atoms with E-state index < -0.39 is 0 Å². The molecule has 2 fully saturated rings. The molecular weight excluding hydrogens is 188 g/mol. The molecule has 0 aliphatic carbocycles. The van der Waals surface area contributed by atoms with E-state index in [1.807, 2.05) is 27.7 Å². The Bertz CT molecular complexity index is 76.9. The highest BCUT2D eigenvalue weighted by atomic mass is 16.5. The highest BCUT2D eigenvalue weighted by Gasteiger charge is 2.07. The Morgan fingerprint density at radius 2 is 1.33 bits per heavy atom. The molecule has 0 aromatic carbocycles. The van der Waals surface area contributed by atoms with Gasteiger partial charge in [-0.25, -0.2) is 0 Å². The van der Waals surface area contributed by atoms with E-state index in [-0.39, 0.29) is 0 Å². The summed E-state index contributed by atoms with van der Waals surface area (Å²) in [4.78, 5) is 0. The quantitative estimate of drug-likeness (QED) is 0.614. The first-order valence-electron chi connectivity index (χ1n) is 6.55. The molecule has 2 heteroatoms. The van der Waals surface area contributed by atoms with Gasteiger partial charge in [-0.15, -0.1) is 0 Å². The summed E-state index contributed by atoms with van der Waals surface area (Å²) >= 11 is 0. The standard InChI is InChI=1S/C5H10O.C4H8O.2C2H6/c1-5-2-3-6-4-5;1-2-4-5-3-1;2*1-2/h5H,2-4H2,1H3;1-4H2;2*1-2H3. The van der Waals surface area contributed by atoms with Crippen molar-refractivity contribution in [1.29, 1.82) is 0 Å². The molecule has 0 N–H and O–H groups in total. The third-order valence-electron chi connectivity index (χ3n) is 1.98. The molecule has 0 radical (unpaired) electrons. The van der Waals surface area contributed by atoms with E-state index in [0.29, 0.717) is 0 Å². The summed E-state index contributed by atoms with van der Waals surface area (Å²) in [7, 11) is 0. The molecule has 0 aromatic rings. The minimum absolute atomic E-state index is 0.824. The summed E-state index contributed by atoms with van der Waals surface area (Å²) in [6.07, 6.45) is 3.82. The van der Waals surface area contributed by atoms with Gasteiger partial charge in [0.15, 0.2) is 0 Å². The molecule has 15 heavy (non-hydrogen) atoms. The third kappa shape index (κ3) is 13.9. The van der Waals surface area contributed by atoms with Gasteiger partial charge in [-0.3, -0.25) is 0 Å². The van der Waals surface area contributed by atoms with Gasteiger partial charge < -0.3 is 9.47 Å². The highest BCUT2D eigenvalue weighted by molar-refractivity contribution is 4.55. The van der Waals surface area contributed by atoms with Crippen LogP contribution in [-0.4, -0.2) is 26.4 Å².